The molecule has 8 aromatic carbocycles. The van der Waals surface area contributed by atoms with Crippen molar-refractivity contribution in [2.45, 2.75) is 39.3 Å². The molecule has 0 radical (unpaired) electrons. The van der Waals surface area contributed by atoms with Gasteiger partial charge in [-0.05, 0) is 80.9 Å². The van der Waals surface area contributed by atoms with E-state index in [9.17, 15) is 5.11 Å². The number of rotatable bonds is 18. The van der Waals surface area contributed by atoms with E-state index >= 15 is 0 Å². The zero-order valence-electron chi connectivity index (χ0n) is 38.8. The van der Waals surface area contributed by atoms with Crippen LogP contribution in [0.5, 0.6) is 5.75 Å². The van der Waals surface area contributed by atoms with E-state index in [0.29, 0.717) is 0 Å². The maximum absolute atomic E-state index is 9.37. The quantitative estimate of drug-likeness (QED) is 0.0685. The number of nitrogens with zero attached hydrogens (tertiary/aromatic N) is 6. The molecular formula is C61H58N6O2. The fourth-order valence-electron chi connectivity index (χ4n) is 7.08. The fourth-order valence-corrected chi connectivity index (χ4v) is 7.08. The van der Waals surface area contributed by atoms with Gasteiger partial charge in [0.2, 0.25) is 0 Å². The summed E-state index contributed by atoms with van der Waals surface area (Å²) >= 11 is 0. The Morgan fingerprint density at radius 2 is 0.580 bits per heavy atom. The predicted molar refractivity (Wildman–Crippen MR) is 282 cm³/mol. The van der Waals surface area contributed by atoms with Gasteiger partial charge in [-0.1, -0.05) is 212 Å². The van der Waals surface area contributed by atoms with Crippen molar-refractivity contribution in [3.8, 4) is 5.75 Å². The van der Waals surface area contributed by atoms with Crippen molar-refractivity contribution < 1.29 is 9.52 Å². The van der Waals surface area contributed by atoms with E-state index in [4.69, 9.17) is 9.52 Å². The summed E-state index contributed by atoms with van der Waals surface area (Å²) in [6.07, 6.45) is 7.16. The largest absolute Gasteiger partial charge is 0.508 e. The van der Waals surface area contributed by atoms with Crippen molar-refractivity contribution >= 4 is 18.6 Å². The molecule has 0 bridgehead atoms. The van der Waals surface area contributed by atoms with Crippen molar-refractivity contribution in [3.63, 3.8) is 0 Å². The van der Waals surface area contributed by atoms with Crippen LogP contribution in [0.3, 0.4) is 0 Å². The van der Waals surface area contributed by atoms with Crippen LogP contribution in [0.15, 0.2) is 275 Å². The summed E-state index contributed by atoms with van der Waals surface area (Å²) in [5.41, 5.74) is 9.48. The molecule has 0 amide bonds. The Morgan fingerprint density at radius 3 is 0.870 bits per heavy atom. The normalized spacial score (nSPS) is 10.8. The molecule has 0 fully saturated rings. The average Bonchev–Trinajstić information content (AvgIpc) is 3.94. The molecule has 0 unspecified atom stereocenters. The fraction of sp³-hybridized carbons (Fsp3) is 0.0984. The van der Waals surface area contributed by atoms with Gasteiger partial charge in [-0.25, -0.2) is 0 Å². The minimum absolute atomic E-state index is 0.262. The van der Waals surface area contributed by atoms with Crippen LogP contribution in [0.2, 0.25) is 0 Å². The molecule has 1 heterocycles. The third kappa shape index (κ3) is 18.2. The molecule has 1 aromatic heterocycles. The Bertz CT molecular complexity index is 2690. The lowest BCUT2D eigenvalue weighted by atomic mass is 10.2. The van der Waals surface area contributed by atoms with Crippen LogP contribution in [0.1, 0.15) is 50.3 Å². The van der Waals surface area contributed by atoms with E-state index in [1.807, 2.05) is 150 Å². The van der Waals surface area contributed by atoms with Gasteiger partial charge in [-0.3, -0.25) is 15.0 Å². The molecule has 9 rings (SSSR count). The molecule has 1 N–H and O–H groups in total. The Hall–Kier alpha value is -8.75. The van der Waals surface area contributed by atoms with Crippen molar-refractivity contribution in [1.82, 2.24) is 15.0 Å². The standard InChI is InChI=1S/C21H20N2O.C21H20N2.C19H18N2O/c24-21-13-11-18(12-14-21)15-22-23(16-19-7-3-1-4-8-19)17-20-9-5-2-6-10-20;1-4-10-19(11-5-1)16-22-23(17-20-12-6-2-7-13-20)18-21-14-8-3-9-15-21;1-3-8-17(9-4-1)15-21(16-18-10-5-2-6-11-18)20-14-19-12-7-13-22-19/h1-15,24H,16-17H2;1-16H,17-18H2;1-14H,15-16H2. The Balaban J connectivity index is 0.000000153. The zero-order chi connectivity index (χ0) is 47.4. The molecule has 0 aliphatic rings. The Labute approximate surface area is 407 Å². The van der Waals surface area contributed by atoms with Crippen LogP contribution >= 0.6 is 0 Å². The summed E-state index contributed by atoms with van der Waals surface area (Å²) < 4.78 is 5.31. The summed E-state index contributed by atoms with van der Waals surface area (Å²) in [4.78, 5) is 0. The molecule has 8 nitrogen and oxygen atoms in total. The minimum atomic E-state index is 0.262. The summed E-state index contributed by atoms with van der Waals surface area (Å²) in [7, 11) is 0. The van der Waals surface area contributed by atoms with Crippen LogP contribution in [-0.4, -0.2) is 38.8 Å². The van der Waals surface area contributed by atoms with Gasteiger partial charge in [0, 0.05) is 0 Å². The number of benzene rings is 8. The van der Waals surface area contributed by atoms with E-state index in [1.165, 1.54) is 33.4 Å². The molecule has 0 saturated heterocycles. The molecule has 0 saturated carbocycles. The highest BCUT2D eigenvalue weighted by Crippen LogP contribution is 2.15. The number of hydrogen-bond donors (Lipinski definition) is 1. The number of hydrazone groups is 3. The minimum Gasteiger partial charge on any atom is -0.508 e. The predicted octanol–water partition coefficient (Wildman–Crippen LogP) is 13.5. The summed E-state index contributed by atoms with van der Waals surface area (Å²) in [5, 5.41) is 29.4. The first-order chi connectivity index (χ1) is 34.1. The van der Waals surface area contributed by atoms with E-state index in [1.54, 1.807) is 24.6 Å². The van der Waals surface area contributed by atoms with Crippen LogP contribution in [-0.2, 0) is 39.3 Å². The summed E-state index contributed by atoms with van der Waals surface area (Å²) in [5.74, 6) is 1.02. The highest BCUT2D eigenvalue weighted by Gasteiger charge is 2.07. The molecule has 0 aliphatic carbocycles. The van der Waals surface area contributed by atoms with E-state index < -0.39 is 0 Å². The van der Waals surface area contributed by atoms with Crippen molar-refractivity contribution in [2.24, 2.45) is 15.3 Å². The van der Waals surface area contributed by atoms with Crippen LogP contribution < -0.4 is 0 Å². The summed E-state index contributed by atoms with van der Waals surface area (Å²) in [6.45, 7) is 4.58. The molecule has 9 aromatic rings. The highest BCUT2D eigenvalue weighted by molar-refractivity contribution is 5.80. The topological polar surface area (TPSA) is 80.2 Å². The summed E-state index contributed by atoms with van der Waals surface area (Å²) in [6, 6.07) is 83.2. The third-order valence-corrected chi connectivity index (χ3v) is 10.6. The van der Waals surface area contributed by atoms with Crippen molar-refractivity contribution in [1.29, 1.82) is 0 Å². The van der Waals surface area contributed by atoms with Gasteiger partial charge in [0.1, 0.15) is 11.5 Å². The lowest BCUT2D eigenvalue weighted by Crippen LogP contribution is -2.17. The second-order valence-electron chi connectivity index (χ2n) is 16.1. The van der Waals surface area contributed by atoms with Crippen LogP contribution in [0.4, 0.5) is 0 Å². The smallest absolute Gasteiger partial charge is 0.146 e. The molecule has 0 atom stereocenters. The van der Waals surface area contributed by atoms with Gasteiger partial charge in [0.25, 0.3) is 0 Å². The Kier molecular flexibility index (Phi) is 19.3. The van der Waals surface area contributed by atoms with E-state index in [0.717, 1.165) is 56.2 Å². The van der Waals surface area contributed by atoms with Gasteiger partial charge in [0.05, 0.1) is 64.2 Å². The first-order valence-electron chi connectivity index (χ1n) is 23.1. The second-order valence-corrected chi connectivity index (χ2v) is 16.1. The van der Waals surface area contributed by atoms with Crippen molar-refractivity contribution in [3.05, 3.63) is 305 Å². The maximum atomic E-state index is 9.37. The molecule has 8 heteroatoms. The van der Waals surface area contributed by atoms with Gasteiger partial charge in [-0.15, -0.1) is 0 Å². The first kappa shape index (κ1) is 48.2. The number of furan rings is 1. The van der Waals surface area contributed by atoms with Crippen LogP contribution in [0.25, 0.3) is 0 Å². The number of phenols is 1. The molecule has 0 spiro atoms. The SMILES string of the molecule is C(=NN(Cc1ccccc1)Cc1ccccc1)c1ccccc1.C(=NN(Cc1ccccc1)Cc1ccccc1)c1ccco1.Oc1ccc(C=NN(Cc2ccccc2)Cc2ccccc2)cc1. The maximum Gasteiger partial charge on any atom is 0.146 e. The van der Waals surface area contributed by atoms with Gasteiger partial charge < -0.3 is 9.52 Å². The molecule has 69 heavy (non-hydrogen) atoms. The molecular weight excluding hydrogens is 849 g/mol. The highest BCUT2D eigenvalue weighted by atomic mass is 16.3. The molecule has 344 valence electrons. The first-order valence-corrected chi connectivity index (χ1v) is 23.1. The monoisotopic (exact) mass is 906 g/mol. The number of phenolic OH excluding ortho intramolecular Hbond substituents is 1. The van der Waals surface area contributed by atoms with E-state index in [-0.39, 0.29) is 5.75 Å². The van der Waals surface area contributed by atoms with Crippen molar-refractivity contribution in [2.75, 3.05) is 0 Å². The van der Waals surface area contributed by atoms with E-state index in [2.05, 4.69) is 124 Å². The molecule has 0 aliphatic heterocycles. The second kappa shape index (κ2) is 27.7. The van der Waals surface area contributed by atoms with Gasteiger partial charge in [0.15, 0.2) is 0 Å². The third-order valence-electron chi connectivity index (χ3n) is 10.6. The van der Waals surface area contributed by atoms with Crippen LogP contribution in [0, 0.1) is 0 Å². The zero-order valence-corrected chi connectivity index (χ0v) is 38.8. The van der Waals surface area contributed by atoms with Gasteiger partial charge >= 0.3 is 0 Å². The number of aromatic hydroxyl groups is 1. The van der Waals surface area contributed by atoms with Gasteiger partial charge in [-0.2, -0.15) is 15.3 Å². The lowest BCUT2D eigenvalue weighted by molar-refractivity contribution is 0.272. The Morgan fingerprint density at radius 1 is 0.304 bits per heavy atom. The lowest BCUT2D eigenvalue weighted by Gasteiger charge is -2.19. The average molecular weight is 907 g/mol. The number of hydrogen-bond acceptors (Lipinski definition) is 8.